The first-order chi connectivity index (χ1) is 11.6. The van der Waals surface area contributed by atoms with Crippen LogP contribution in [0, 0.1) is 0 Å². The van der Waals surface area contributed by atoms with Gasteiger partial charge in [-0.2, -0.15) is 0 Å². The molecule has 2 aromatic rings. The topological polar surface area (TPSA) is 73.9 Å². The fourth-order valence-electron chi connectivity index (χ4n) is 2.26. The van der Waals surface area contributed by atoms with E-state index in [-0.39, 0.29) is 25.2 Å². The van der Waals surface area contributed by atoms with E-state index in [1.54, 1.807) is 29.5 Å². The van der Waals surface area contributed by atoms with Crippen LogP contribution in [0.5, 0.6) is 11.5 Å². The van der Waals surface area contributed by atoms with Gasteiger partial charge in [-0.25, -0.2) is 4.79 Å². The van der Waals surface area contributed by atoms with Crippen molar-refractivity contribution in [3.8, 4) is 11.5 Å². The van der Waals surface area contributed by atoms with E-state index in [0.29, 0.717) is 11.5 Å². The molecule has 2 atom stereocenters. The van der Waals surface area contributed by atoms with Crippen molar-refractivity contribution in [2.24, 2.45) is 0 Å². The molecule has 0 saturated heterocycles. The maximum absolute atomic E-state index is 12.0. The highest BCUT2D eigenvalue weighted by Gasteiger charge is 2.29. The molecule has 1 aliphatic heterocycles. The molecule has 1 aromatic carbocycles. The molecule has 1 amide bonds. The summed E-state index contributed by atoms with van der Waals surface area (Å²) in [6, 6.07) is 10.8. The molecule has 1 aromatic heterocycles. The Hall–Kier alpha value is -2.54. The maximum atomic E-state index is 12.0. The van der Waals surface area contributed by atoms with E-state index in [2.05, 4.69) is 5.32 Å². The second-order valence-corrected chi connectivity index (χ2v) is 6.26. The van der Waals surface area contributed by atoms with Crippen molar-refractivity contribution >= 4 is 23.2 Å². The molecule has 0 spiro atoms. The molecular formula is C17H17NO5S. The summed E-state index contributed by atoms with van der Waals surface area (Å²) in [6.45, 7) is 1.58. The predicted molar refractivity (Wildman–Crippen MR) is 88.2 cm³/mol. The number of carbonyl (C=O) groups excluding carboxylic acids is 2. The van der Waals surface area contributed by atoms with E-state index in [9.17, 15) is 9.59 Å². The van der Waals surface area contributed by atoms with Crippen LogP contribution in [-0.2, 0) is 14.3 Å². The monoisotopic (exact) mass is 347 g/mol. The number of esters is 1. The summed E-state index contributed by atoms with van der Waals surface area (Å²) in [5.74, 6) is 0.0929. The van der Waals surface area contributed by atoms with Crippen LogP contribution in [0.4, 0.5) is 0 Å². The van der Waals surface area contributed by atoms with E-state index in [1.165, 1.54) is 0 Å². The predicted octanol–water partition coefficient (Wildman–Crippen LogP) is 2.31. The van der Waals surface area contributed by atoms with Crippen LogP contribution >= 0.6 is 11.3 Å². The van der Waals surface area contributed by atoms with Gasteiger partial charge in [-0.1, -0.05) is 18.2 Å². The third kappa shape index (κ3) is 3.86. The minimum atomic E-state index is -0.873. The Bertz CT molecular complexity index is 716. The quantitative estimate of drug-likeness (QED) is 0.840. The van der Waals surface area contributed by atoms with E-state index in [0.717, 1.165) is 4.88 Å². The highest BCUT2D eigenvalue weighted by molar-refractivity contribution is 7.10. The summed E-state index contributed by atoms with van der Waals surface area (Å²) in [5, 5.41) is 4.72. The van der Waals surface area contributed by atoms with E-state index >= 15 is 0 Å². The lowest BCUT2D eigenvalue weighted by Crippen LogP contribution is -2.40. The molecule has 1 N–H and O–H groups in total. The Morgan fingerprint density at radius 3 is 2.83 bits per heavy atom. The van der Waals surface area contributed by atoms with Gasteiger partial charge in [0.1, 0.15) is 6.61 Å². The van der Waals surface area contributed by atoms with Crippen LogP contribution in [0.3, 0.4) is 0 Å². The minimum absolute atomic E-state index is 0.0586. The molecule has 24 heavy (non-hydrogen) atoms. The third-order valence-corrected chi connectivity index (χ3v) is 4.52. The fraction of sp³-hybridized carbons (Fsp3) is 0.294. The molecule has 0 saturated carbocycles. The van der Waals surface area contributed by atoms with Gasteiger partial charge in [-0.15, -0.1) is 11.3 Å². The zero-order valence-electron chi connectivity index (χ0n) is 13.1. The van der Waals surface area contributed by atoms with Crippen LogP contribution in [0.2, 0.25) is 0 Å². The van der Waals surface area contributed by atoms with Crippen LogP contribution in [0.15, 0.2) is 41.8 Å². The zero-order valence-corrected chi connectivity index (χ0v) is 13.9. The van der Waals surface area contributed by atoms with E-state index in [4.69, 9.17) is 14.2 Å². The second kappa shape index (κ2) is 7.35. The summed E-state index contributed by atoms with van der Waals surface area (Å²) in [4.78, 5) is 24.9. The van der Waals surface area contributed by atoms with E-state index < -0.39 is 12.1 Å². The summed E-state index contributed by atoms with van der Waals surface area (Å²) in [7, 11) is 0. The van der Waals surface area contributed by atoms with Crippen molar-refractivity contribution in [3.05, 3.63) is 46.7 Å². The Morgan fingerprint density at radius 2 is 2.08 bits per heavy atom. The Balaban J connectivity index is 1.47. The van der Waals surface area contributed by atoms with Gasteiger partial charge in [-0.05, 0) is 30.5 Å². The number of carbonyl (C=O) groups is 2. The number of benzene rings is 1. The number of amides is 1. The van der Waals surface area contributed by atoms with Gasteiger partial charge < -0.3 is 19.5 Å². The van der Waals surface area contributed by atoms with Gasteiger partial charge in [0, 0.05) is 4.88 Å². The van der Waals surface area contributed by atoms with Crippen LogP contribution in [0.25, 0.3) is 0 Å². The first kappa shape index (κ1) is 16.3. The molecule has 0 fully saturated rings. The first-order valence-electron chi connectivity index (χ1n) is 7.51. The van der Waals surface area contributed by atoms with E-state index in [1.807, 2.05) is 30.5 Å². The number of thiophene rings is 1. The summed E-state index contributed by atoms with van der Waals surface area (Å²) >= 11 is 1.55. The molecule has 0 unspecified atom stereocenters. The van der Waals surface area contributed by atoms with Gasteiger partial charge >= 0.3 is 5.97 Å². The summed E-state index contributed by atoms with van der Waals surface area (Å²) in [5.41, 5.74) is 0. The number of hydrogen-bond donors (Lipinski definition) is 1. The van der Waals surface area contributed by atoms with Crippen molar-refractivity contribution < 1.29 is 23.8 Å². The highest BCUT2D eigenvalue weighted by atomic mass is 32.1. The second-order valence-electron chi connectivity index (χ2n) is 5.28. The SMILES string of the molecule is C[C@@H](NC(=O)COC(=O)[C@H]1COc2ccccc2O1)c1cccs1. The van der Waals surface area contributed by atoms with Gasteiger partial charge in [0.2, 0.25) is 6.10 Å². The highest BCUT2D eigenvalue weighted by Crippen LogP contribution is 2.31. The number of hydrogen-bond acceptors (Lipinski definition) is 6. The summed E-state index contributed by atoms with van der Waals surface area (Å²) < 4.78 is 16.0. The van der Waals surface area contributed by atoms with Gasteiger partial charge in [0.15, 0.2) is 18.1 Å². The number of ether oxygens (including phenoxy) is 3. The molecule has 1 aliphatic rings. The number of nitrogens with one attached hydrogen (secondary N) is 1. The van der Waals surface area contributed by atoms with Crippen molar-refractivity contribution in [1.29, 1.82) is 0 Å². The number of para-hydroxylation sites is 2. The summed E-state index contributed by atoms with van der Waals surface area (Å²) in [6.07, 6.45) is -0.873. The third-order valence-electron chi connectivity index (χ3n) is 3.46. The molecular weight excluding hydrogens is 330 g/mol. The van der Waals surface area contributed by atoms with Crippen molar-refractivity contribution in [1.82, 2.24) is 5.32 Å². The molecule has 7 heteroatoms. The lowest BCUT2D eigenvalue weighted by atomic mass is 10.2. The molecule has 0 bridgehead atoms. The molecule has 3 rings (SSSR count). The van der Waals surface area contributed by atoms with Gasteiger partial charge in [0.25, 0.3) is 5.91 Å². The van der Waals surface area contributed by atoms with Crippen LogP contribution < -0.4 is 14.8 Å². The largest absolute Gasteiger partial charge is 0.485 e. The minimum Gasteiger partial charge on any atom is -0.485 e. The standard InChI is InChI=1S/C17H17NO5S/c1-11(15-7-4-8-24-15)18-16(19)10-22-17(20)14-9-21-12-5-2-3-6-13(12)23-14/h2-8,11,14H,9-10H2,1H3,(H,18,19)/t11-,14-/m1/s1. The molecule has 2 heterocycles. The maximum Gasteiger partial charge on any atom is 0.351 e. The first-order valence-corrected chi connectivity index (χ1v) is 8.39. The van der Waals surface area contributed by atoms with Gasteiger partial charge in [-0.3, -0.25) is 4.79 Å². The Kier molecular flexibility index (Phi) is 5.00. The lowest BCUT2D eigenvalue weighted by molar-refractivity contribution is -0.157. The average molecular weight is 347 g/mol. The molecule has 126 valence electrons. The number of rotatable bonds is 5. The molecule has 0 radical (unpaired) electrons. The lowest BCUT2D eigenvalue weighted by Gasteiger charge is -2.24. The molecule has 6 nitrogen and oxygen atoms in total. The smallest absolute Gasteiger partial charge is 0.351 e. The average Bonchev–Trinajstić information content (AvgIpc) is 3.14. The number of fused-ring (bicyclic) bond motifs is 1. The Labute approximate surface area is 143 Å². The van der Waals surface area contributed by atoms with Crippen molar-refractivity contribution in [2.75, 3.05) is 13.2 Å². The molecule has 0 aliphatic carbocycles. The fourth-order valence-corrected chi connectivity index (χ4v) is 2.99. The van der Waals surface area contributed by atoms with Crippen molar-refractivity contribution in [3.63, 3.8) is 0 Å². The van der Waals surface area contributed by atoms with Gasteiger partial charge in [0.05, 0.1) is 6.04 Å². The Morgan fingerprint density at radius 1 is 1.29 bits per heavy atom. The van der Waals surface area contributed by atoms with Crippen LogP contribution in [-0.4, -0.2) is 31.2 Å². The zero-order chi connectivity index (χ0) is 16.9. The normalized spacial score (nSPS) is 17.0. The van der Waals surface area contributed by atoms with Crippen molar-refractivity contribution in [2.45, 2.75) is 19.1 Å². The van der Waals surface area contributed by atoms with Crippen LogP contribution in [0.1, 0.15) is 17.8 Å².